The van der Waals surface area contributed by atoms with Crippen molar-refractivity contribution in [1.82, 2.24) is 0 Å². The molecule has 8 aromatic carbocycles. The Hall–Kier alpha value is -5.66. The Bertz CT molecular complexity index is 3210. The third-order valence-electron chi connectivity index (χ3n) is 7.84. The first-order valence-corrected chi connectivity index (χ1v) is 13.6. The highest BCUT2D eigenvalue weighted by Gasteiger charge is 2.18. The summed E-state index contributed by atoms with van der Waals surface area (Å²) in [5.41, 5.74) is 2.26. The van der Waals surface area contributed by atoms with Crippen LogP contribution in [0, 0.1) is 0 Å². The maximum absolute atomic E-state index is 9.20. The molecule has 43 heavy (non-hydrogen) atoms. The molecule has 9 aromatic rings. The van der Waals surface area contributed by atoms with Crippen LogP contribution in [0.4, 0.5) is 0 Å². The molecule has 0 unspecified atom stereocenters. The van der Waals surface area contributed by atoms with Gasteiger partial charge >= 0.3 is 0 Å². The molecule has 0 amide bonds. The van der Waals surface area contributed by atoms with E-state index in [-0.39, 0.29) is 68.0 Å². The van der Waals surface area contributed by atoms with E-state index in [1.165, 1.54) is 0 Å². The van der Waals surface area contributed by atoms with Crippen LogP contribution in [-0.2, 0) is 0 Å². The zero-order chi connectivity index (χ0) is 40.5. The molecule has 200 valence electrons. The zero-order valence-electron chi connectivity index (χ0n) is 36.3. The van der Waals surface area contributed by atoms with Crippen molar-refractivity contribution in [2.45, 2.75) is 0 Å². The SMILES string of the molecule is [2H]c1c([2H])c([2H])c2c(oc3c([2H])c([2H])c(-c4ccc(-c5c6ccccc6c(-c6c([2H])c([2H])c([2H])c7c([2H])c([2H])c([2H])c([2H])c67)c6ccccc56)cc4)c([2H])c32)c1[2H]. The molecule has 0 radical (unpaired) electrons. The summed E-state index contributed by atoms with van der Waals surface area (Å²) in [7, 11) is 0. The van der Waals surface area contributed by atoms with Crippen molar-refractivity contribution in [1.29, 1.82) is 0 Å². The Morgan fingerprint density at radius 2 is 0.977 bits per heavy atom. The predicted molar refractivity (Wildman–Crippen MR) is 183 cm³/mol. The van der Waals surface area contributed by atoms with Crippen LogP contribution >= 0.6 is 0 Å². The molecule has 0 aliphatic heterocycles. The van der Waals surface area contributed by atoms with Gasteiger partial charge in [-0.2, -0.15) is 0 Å². The third-order valence-corrected chi connectivity index (χ3v) is 7.84. The predicted octanol–water partition coefficient (Wildman–Crippen LogP) is 12.0. The summed E-state index contributed by atoms with van der Waals surface area (Å²) in [6, 6.07) is 16.0. The van der Waals surface area contributed by atoms with Gasteiger partial charge in [0.2, 0.25) is 0 Å². The fourth-order valence-electron chi connectivity index (χ4n) is 5.96. The van der Waals surface area contributed by atoms with E-state index in [2.05, 4.69) is 0 Å². The van der Waals surface area contributed by atoms with E-state index in [1.54, 1.807) is 12.1 Å². The molecule has 0 aliphatic carbocycles. The highest BCUT2D eigenvalue weighted by molar-refractivity contribution is 6.23. The molecule has 1 heterocycles. The maximum Gasteiger partial charge on any atom is 0.135 e. The molecule has 0 saturated heterocycles. The number of para-hydroxylation sites is 1. The quantitative estimate of drug-likeness (QED) is 0.196. The maximum atomic E-state index is 9.20. The number of fused-ring (bicyclic) bond motifs is 6. The average Bonchev–Trinajstić information content (AvgIpc) is 3.63. The van der Waals surface area contributed by atoms with Crippen LogP contribution in [0.25, 0.3) is 87.6 Å². The molecule has 1 aromatic heterocycles. The van der Waals surface area contributed by atoms with Crippen molar-refractivity contribution < 1.29 is 23.6 Å². The highest BCUT2D eigenvalue weighted by atomic mass is 16.3. The van der Waals surface area contributed by atoms with Gasteiger partial charge in [-0.15, -0.1) is 0 Å². The molecule has 0 atom stereocenters. The fraction of sp³-hybridized carbons (Fsp3) is 0. The summed E-state index contributed by atoms with van der Waals surface area (Å²) in [5, 5.41) is 2.57. The summed E-state index contributed by atoms with van der Waals surface area (Å²) in [4.78, 5) is 0. The summed E-state index contributed by atoms with van der Waals surface area (Å²) in [6.45, 7) is 0. The monoisotopic (exact) mass is 560 g/mol. The normalized spacial score (nSPS) is 16.3. The lowest BCUT2D eigenvalue weighted by Crippen LogP contribution is -1.91. The summed E-state index contributed by atoms with van der Waals surface area (Å²) in [6.07, 6.45) is 0. The van der Waals surface area contributed by atoms with Crippen LogP contribution in [0.5, 0.6) is 0 Å². The average molecular weight is 561 g/mol. The summed E-state index contributed by atoms with van der Waals surface area (Å²) >= 11 is 0. The van der Waals surface area contributed by atoms with Crippen molar-refractivity contribution in [2.75, 3.05) is 0 Å². The Kier molecular flexibility index (Phi) is 3.07. The number of rotatable bonds is 3. The topological polar surface area (TPSA) is 13.1 Å². The van der Waals surface area contributed by atoms with Crippen molar-refractivity contribution >= 4 is 54.3 Å². The molecule has 0 fully saturated rings. The molecule has 1 nitrogen and oxygen atoms in total. The van der Waals surface area contributed by atoms with E-state index in [4.69, 9.17) is 22.2 Å². The minimum Gasteiger partial charge on any atom is -0.456 e. The third kappa shape index (κ3) is 3.72. The fourth-order valence-corrected chi connectivity index (χ4v) is 5.96. The van der Waals surface area contributed by atoms with Crippen molar-refractivity contribution in [2.24, 2.45) is 0 Å². The van der Waals surface area contributed by atoms with Gasteiger partial charge in [-0.25, -0.2) is 0 Å². The first-order valence-electron chi connectivity index (χ1n) is 20.6. The van der Waals surface area contributed by atoms with Gasteiger partial charge in [0.25, 0.3) is 0 Å². The second-order valence-electron chi connectivity index (χ2n) is 10.2. The Morgan fingerprint density at radius 1 is 0.395 bits per heavy atom. The molecule has 9 rings (SSSR count). The lowest BCUT2D eigenvalue weighted by molar-refractivity contribution is 0.669. The van der Waals surface area contributed by atoms with Gasteiger partial charge in [-0.1, -0.05) is 139 Å². The van der Waals surface area contributed by atoms with Gasteiger partial charge in [-0.3, -0.25) is 0 Å². The zero-order valence-corrected chi connectivity index (χ0v) is 22.3. The first kappa shape index (κ1) is 14.0. The second kappa shape index (κ2) is 9.44. The van der Waals surface area contributed by atoms with Gasteiger partial charge in [0.05, 0.1) is 19.2 Å². The van der Waals surface area contributed by atoms with Gasteiger partial charge in [0.1, 0.15) is 11.2 Å². The van der Waals surface area contributed by atoms with E-state index in [0.717, 1.165) is 21.9 Å². The molecule has 0 saturated carbocycles. The van der Waals surface area contributed by atoms with Crippen LogP contribution < -0.4 is 0 Å². The minimum absolute atomic E-state index is 0.0106. The standard InChI is InChI=1S/C42H26O/c1-2-12-31-28(10-1)11-9-18-33(31)42-36-16-5-3-14-34(36)41(35-15-4-6-17-37(35)42)29-22-20-27(21-23-29)30-24-25-40-38(26-30)32-13-7-8-19-39(32)43-40/h1-26H/i1D,2D,7D,8D,9D,10D,11D,12D,13D,18D,19D,24D,25D,26D. The summed E-state index contributed by atoms with van der Waals surface area (Å²) < 4.78 is 127. The van der Waals surface area contributed by atoms with Crippen molar-refractivity contribution in [3.8, 4) is 33.4 Å². The van der Waals surface area contributed by atoms with Gasteiger partial charge in [0.15, 0.2) is 0 Å². The van der Waals surface area contributed by atoms with Crippen LogP contribution in [0.3, 0.4) is 0 Å². The first-order chi connectivity index (χ1) is 27.2. The van der Waals surface area contributed by atoms with Crippen LogP contribution in [0.1, 0.15) is 19.2 Å². The Balaban J connectivity index is 1.31. The van der Waals surface area contributed by atoms with E-state index in [1.807, 2.05) is 60.7 Å². The van der Waals surface area contributed by atoms with E-state index in [9.17, 15) is 1.37 Å². The van der Waals surface area contributed by atoms with Gasteiger partial charge in [0, 0.05) is 10.8 Å². The number of furan rings is 1. The van der Waals surface area contributed by atoms with Crippen LogP contribution in [0.15, 0.2) is 162 Å². The number of hydrogen-bond acceptors (Lipinski definition) is 1. The van der Waals surface area contributed by atoms with E-state index >= 15 is 0 Å². The number of benzene rings is 8. The number of hydrogen-bond donors (Lipinski definition) is 0. The minimum atomic E-state index is -0.530. The Morgan fingerprint density at radius 3 is 1.72 bits per heavy atom. The van der Waals surface area contributed by atoms with Gasteiger partial charge < -0.3 is 4.42 Å². The van der Waals surface area contributed by atoms with E-state index in [0.29, 0.717) is 21.9 Å². The van der Waals surface area contributed by atoms with Gasteiger partial charge in [-0.05, 0) is 83.8 Å². The molecule has 0 N–H and O–H groups in total. The van der Waals surface area contributed by atoms with Crippen LogP contribution in [-0.4, -0.2) is 0 Å². The molecule has 0 bridgehead atoms. The molecular weight excluding hydrogens is 520 g/mol. The smallest absolute Gasteiger partial charge is 0.135 e. The second-order valence-corrected chi connectivity index (χ2v) is 10.2. The molecular formula is C42H26O. The molecule has 1 heteroatoms. The largest absolute Gasteiger partial charge is 0.456 e. The molecule has 0 spiro atoms. The highest BCUT2D eigenvalue weighted by Crippen LogP contribution is 2.45. The van der Waals surface area contributed by atoms with Crippen molar-refractivity contribution in [3.63, 3.8) is 0 Å². The summed E-state index contributed by atoms with van der Waals surface area (Å²) in [5.74, 6) is 0. The van der Waals surface area contributed by atoms with E-state index < -0.39 is 60.4 Å². The molecule has 0 aliphatic rings. The Labute approximate surface area is 268 Å². The lowest BCUT2D eigenvalue weighted by Gasteiger charge is -2.19. The van der Waals surface area contributed by atoms with Crippen LogP contribution in [0.2, 0.25) is 0 Å². The van der Waals surface area contributed by atoms with Crippen molar-refractivity contribution in [3.05, 3.63) is 157 Å². The lowest BCUT2D eigenvalue weighted by atomic mass is 9.84.